The molecule has 1 amide bonds. The molecule has 0 fully saturated rings. The van der Waals surface area contributed by atoms with Crippen LogP contribution in [0.2, 0.25) is 0 Å². The second-order valence-corrected chi connectivity index (χ2v) is 6.46. The van der Waals surface area contributed by atoms with E-state index >= 15 is 0 Å². The minimum Gasteiger partial charge on any atom is -0.504 e. The van der Waals surface area contributed by atoms with Gasteiger partial charge in [-0.15, -0.1) is 0 Å². The van der Waals surface area contributed by atoms with E-state index < -0.39 is 29.6 Å². The molecule has 8 nitrogen and oxygen atoms in total. The van der Waals surface area contributed by atoms with Crippen molar-refractivity contribution in [2.45, 2.75) is 44.9 Å². The van der Waals surface area contributed by atoms with E-state index in [4.69, 9.17) is 10.5 Å². The highest BCUT2D eigenvalue weighted by Crippen LogP contribution is 2.25. The van der Waals surface area contributed by atoms with Gasteiger partial charge < -0.3 is 31.1 Å². The lowest BCUT2D eigenvalue weighted by Gasteiger charge is -2.23. The molecule has 0 aliphatic rings. The zero-order valence-electron chi connectivity index (χ0n) is 13.9. The maximum absolute atomic E-state index is 12.0. The Morgan fingerprint density at radius 1 is 1.25 bits per heavy atom. The molecule has 0 aliphatic carbocycles. The number of amides is 1. The number of carboxylic acid groups (broad SMARTS) is 1. The Morgan fingerprint density at radius 3 is 2.38 bits per heavy atom. The number of ether oxygens (including phenoxy) is 1. The summed E-state index contributed by atoms with van der Waals surface area (Å²) in [5.41, 5.74) is 5.68. The van der Waals surface area contributed by atoms with E-state index in [-0.39, 0.29) is 24.5 Å². The third-order valence-electron chi connectivity index (χ3n) is 3.13. The first kappa shape index (κ1) is 19.7. The van der Waals surface area contributed by atoms with Crippen molar-refractivity contribution in [2.75, 3.05) is 6.61 Å². The van der Waals surface area contributed by atoms with Crippen molar-refractivity contribution in [1.82, 2.24) is 5.32 Å². The van der Waals surface area contributed by atoms with Crippen LogP contribution in [0.3, 0.4) is 0 Å². The topological polar surface area (TPSA) is 142 Å². The van der Waals surface area contributed by atoms with Crippen LogP contribution in [-0.4, -0.2) is 51.5 Å². The van der Waals surface area contributed by atoms with Crippen LogP contribution in [0.25, 0.3) is 0 Å². The molecule has 0 spiro atoms. The quantitative estimate of drug-likeness (QED) is 0.451. The first-order chi connectivity index (χ1) is 11.0. The van der Waals surface area contributed by atoms with Gasteiger partial charge in [-0.25, -0.2) is 4.79 Å². The second kappa shape index (κ2) is 7.98. The monoisotopic (exact) mass is 340 g/mol. The number of phenols is 2. The molecule has 134 valence electrons. The maximum atomic E-state index is 12.0. The minimum absolute atomic E-state index is 0.0400. The lowest BCUT2D eigenvalue weighted by Crippen LogP contribution is -2.51. The van der Waals surface area contributed by atoms with E-state index in [1.807, 2.05) is 20.8 Å². The molecule has 6 N–H and O–H groups in total. The van der Waals surface area contributed by atoms with Crippen LogP contribution in [-0.2, 0) is 20.7 Å². The first-order valence-corrected chi connectivity index (χ1v) is 7.43. The first-order valence-electron chi connectivity index (χ1n) is 7.43. The number of aromatic hydroxyl groups is 2. The number of benzene rings is 1. The highest BCUT2D eigenvalue weighted by atomic mass is 16.5. The summed E-state index contributed by atoms with van der Waals surface area (Å²) in [4.78, 5) is 23.3. The molecular formula is C16H24N2O6. The Morgan fingerprint density at radius 2 is 1.88 bits per heavy atom. The van der Waals surface area contributed by atoms with Gasteiger partial charge in [0.25, 0.3) is 0 Å². The van der Waals surface area contributed by atoms with Gasteiger partial charge in [-0.05, 0) is 38.5 Å². The zero-order valence-corrected chi connectivity index (χ0v) is 13.9. The van der Waals surface area contributed by atoms with Gasteiger partial charge in [-0.1, -0.05) is 6.07 Å². The van der Waals surface area contributed by atoms with Gasteiger partial charge in [0.1, 0.15) is 12.1 Å². The standard InChI is InChI=1S/C16H24N2O6/c1-16(2,3)24-8-10(17)14(21)18-11(15(22)23)6-9-4-5-12(19)13(20)7-9/h4-5,7,10-11,19-20H,6,8,17H2,1-3H3,(H,18,21)(H,22,23). The Labute approximate surface area is 140 Å². The van der Waals surface area contributed by atoms with Crippen molar-refractivity contribution in [3.63, 3.8) is 0 Å². The number of phenolic OH excluding ortho intramolecular Hbond substituents is 2. The van der Waals surface area contributed by atoms with Crippen molar-refractivity contribution in [3.05, 3.63) is 23.8 Å². The Bertz CT molecular complexity index is 597. The SMILES string of the molecule is CC(C)(C)OCC(N)C(=O)NC(Cc1ccc(O)c(O)c1)C(=O)O. The molecule has 0 saturated carbocycles. The lowest BCUT2D eigenvalue weighted by molar-refractivity contribution is -0.142. The van der Waals surface area contributed by atoms with Crippen molar-refractivity contribution in [2.24, 2.45) is 5.73 Å². The zero-order chi connectivity index (χ0) is 18.5. The van der Waals surface area contributed by atoms with E-state index in [1.54, 1.807) is 0 Å². The molecule has 0 bridgehead atoms. The fourth-order valence-electron chi connectivity index (χ4n) is 1.83. The third kappa shape index (κ3) is 6.43. The van der Waals surface area contributed by atoms with Gasteiger partial charge >= 0.3 is 5.97 Å². The fourth-order valence-corrected chi connectivity index (χ4v) is 1.83. The predicted octanol–water partition coefficient (Wildman–Crippen LogP) is 0.352. The molecule has 0 saturated heterocycles. The summed E-state index contributed by atoms with van der Waals surface area (Å²) >= 11 is 0. The molecule has 0 heterocycles. The number of hydrogen-bond donors (Lipinski definition) is 5. The van der Waals surface area contributed by atoms with Crippen LogP contribution >= 0.6 is 0 Å². The van der Waals surface area contributed by atoms with Crippen LogP contribution in [0.15, 0.2) is 18.2 Å². The molecule has 2 atom stereocenters. The van der Waals surface area contributed by atoms with Crippen LogP contribution < -0.4 is 11.1 Å². The summed E-state index contributed by atoms with van der Waals surface area (Å²) in [6.07, 6.45) is -0.0677. The Balaban J connectivity index is 2.70. The number of nitrogens with two attached hydrogens (primary N) is 1. The predicted molar refractivity (Wildman–Crippen MR) is 86.7 cm³/mol. The maximum Gasteiger partial charge on any atom is 0.326 e. The number of hydrogen-bond acceptors (Lipinski definition) is 6. The number of rotatable bonds is 7. The summed E-state index contributed by atoms with van der Waals surface area (Å²) in [6, 6.07) is 1.72. The largest absolute Gasteiger partial charge is 0.504 e. The summed E-state index contributed by atoms with van der Waals surface area (Å²) in [6.45, 7) is 5.40. The van der Waals surface area contributed by atoms with Gasteiger partial charge in [0.15, 0.2) is 11.5 Å². The number of carbonyl (C=O) groups is 2. The average Bonchev–Trinajstić information content (AvgIpc) is 2.46. The molecule has 0 aromatic heterocycles. The Hall–Kier alpha value is -2.32. The minimum atomic E-state index is -1.24. The van der Waals surface area contributed by atoms with E-state index in [2.05, 4.69) is 5.32 Å². The van der Waals surface area contributed by atoms with E-state index in [1.165, 1.54) is 18.2 Å². The normalized spacial score (nSPS) is 14.0. The molecule has 1 aromatic rings. The van der Waals surface area contributed by atoms with Gasteiger partial charge in [-0.2, -0.15) is 0 Å². The highest BCUT2D eigenvalue weighted by Gasteiger charge is 2.25. The summed E-state index contributed by atoms with van der Waals surface area (Å²) in [5, 5.41) is 30.3. The molecule has 8 heteroatoms. The fraction of sp³-hybridized carbons (Fsp3) is 0.500. The van der Waals surface area contributed by atoms with Crippen molar-refractivity contribution in [1.29, 1.82) is 0 Å². The average molecular weight is 340 g/mol. The highest BCUT2D eigenvalue weighted by molar-refractivity contribution is 5.87. The summed E-state index contributed by atoms with van der Waals surface area (Å²) in [5.74, 6) is -2.55. The smallest absolute Gasteiger partial charge is 0.326 e. The van der Waals surface area contributed by atoms with E-state index in [0.29, 0.717) is 5.56 Å². The van der Waals surface area contributed by atoms with Crippen LogP contribution in [0.5, 0.6) is 11.5 Å². The second-order valence-electron chi connectivity index (χ2n) is 6.46. The third-order valence-corrected chi connectivity index (χ3v) is 3.13. The molecule has 24 heavy (non-hydrogen) atoms. The lowest BCUT2D eigenvalue weighted by atomic mass is 10.0. The number of carboxylic acids is 1. The molecular weight excluding hydrogens is 316 g/mol. The molecule has 0 radical (unpaired) electrons. The molecule has 0 aliphatic heterocycles. The number of nitrogens with one attached hydrogen (secondary N) is 1. The molecule has 1 rings (SSSR count). The van der Waals surface area contributed by atoms with E-state index in [0.717, 1.165) is 0 Å². The van der Waals surface area contributed by atoms with Gasteiger partial charge in [0, 0.05) is 6.42 Å². The van der Waals surface area contributed by atoms with Crippen molar-refractivity contribution < 1.29 is 29.6 Å². The number of carbonyl (C=O) groups excluding carboxylic acids is 1. The van der Waals surface area contributed by atoms with Crippen molar-refractivity contribution in [3.8, 4) is 11.5 Å². The van der Waals surface area contributed by atoms with Gasteiger partial charge in [-0.3, -0.25) is 4.79 Å². The van der Waals surface area contributed by atoms with Crippen LogP contribution in [0, 0.1) is 0 Å². The van der Waals surface area contributed by atoms with E-state index in [9.17, 15) is 24.9 Å². The summed E-state index contributed by atoms with van der Waals surface area (Å²) in [7, 11) is 0. The number of aliphatic carboxylic acids is 1. The Kier molecular flexibility index (Phi) is 6.56. The molecule has 2 unspecified atom stereocenters. The molecule has 1 aromatic carbocycles. The van der Waals surface area contributed by atoms with Crippen molar-refractivity contribution >= 4 is 11.9 Å². The van der Waals surface area contributed by atoms with Gasteiger partial charge in [0.05, 0.1) is 12.2 Å². The van der Waals surface area contributed by atoms with Crippen LogP contribution in [0.4, 0.5) is 0 Å². The van der Waals surface area contributed by atoms with Crippen LogP contribution in [0.1, 0.15) is 26.3 Å². The summed E-state index contributed by atoms with van der Waals surface area (Å²) < 4.78 is 5.41. The van der Waals surface area contributed by atoms with Gasteiger partial charge in [0.2, 0.25) is 5.91 Å².